The molecule has 8 nitrogen and oxygen atoms in total. The quantitative estimate of drug-likeness (QED) is 0.475. The van der Waals surface area contributed by atoms with Gasteiger partial charge in [-0.2, -0.15) is 0 Å². The maximum absolute atomic E-state index is 11.6. The van der Waals surface area contributed by atoms with Crippen molar-refractivity contribution in [2.75, 3.05) is 0 Å². The molecule has 2 N–H and O–H groups in total. The molecule has 2 unspecified atom stereocenters. The van der Waals surface area contributed by atoms with Crippen LogP contribution in [0.1, 0.15) is 5.69 Å². The summed E-state index contributed by atoms with van der Waals surface area (Å²) in [5, 5.41) is 19.7. The summed E-state index contributed by atoms with van der Waals surface area (Å²) in [5.74, 6) is -3.04. The summed E-state index contributed by atoms with van der Waals surface area (Å²) >= 11 is 0. The molecule has 0 radical (unpaired) electrons. The van der Waals surface area contributed by atoms with Crippen LogP contribution in [0.3, 0.4) is 0 Å². The lowest BCUT2D eigenvalue weighted by atomic mass is 9.92. The summed E-state index contributed by atoms with van der Waals surface area (Å²) in [6, 6.07) is 4.09. The standard InChI is InChI=1S/C10H7NO7/c12-6-7(13)17-9(15)18-8(14)10(6,16)5-3-1-2-4-11-5/h1-4,6,12,16H. The van der Waals surface area contributed by atoms with Crippen LogP contribution in [0.4, 0.5) is 4.79 Å². The van der Waals surface area contributed by atoms with E-state index in [1.165, 1.54) is 24.4 Å². The molecular formula is C10H7NO7. The minimum absolute atomic E-state index is 0.339. The van der Waals surface area contributed by atoms with Gasteiger partial charge in [0.25, 0.3) is 0 Å². The van der Waals surface area contributed by atoms with Gasteiger partial charge in [0, 0.05) is 6.20 Å². The second kappa shape index (κ2) is 4.17. The fraction of sp³-hybridized carbons (Fsp3) is 0.200. The van der Waals surface area contributed by atoms with Crippen molar-refractivity contribution in [3.05, 3.63) is 30.1 Å². The monoisotopic (exact) mass is 253 g/mol. The van der Waals surface area contributed by atoms with Crippen molar-refractivity contribution in [1.29, 1.82) is 0 Å². The number of aromatic nitrogens is 1. The van der Waals surface area contributed by atoms with Gasteiger partial charge in [-0.25, -0.2) is 14.4 Å². The van der Waals surface area contributed by atoms with Crippen molar-refractivity contribution in [2.45, 2.75) is 11.7 Å². The maximum Gasteiger partial charge on any atom is 0.524 e. The first-order valence-corrected chi connectivity index (χ1v) is 4.76. The van der Waals surface area contributed by atoms with E-state index >= 15 is 0 Å². The van der Waals surface area contributed by atoms with Gasteiger partial charge in [-0.05, 0) is 12.1 Å². The molecule has 1 aliphatic heterocycles. The van der Waals surface area contributed by atoms with Gasteiger partial charge in [0.1, 0.15) is 0 Å². The molecule has 0 amide bonds. The molecule has 1 saturated heterocycles. The molecule has 8 heteroatoms. The van der Waals surface area contributed by atoms with E-state index < -0.39 is 29.8 Å². The van der Waals surface area contributed by atoms with Gasteiger partial charge in [0.2, 0.25) is 5.60 Å². The van der Waals surface area contributed by atoms with Gasteiger partial charge in [0.05, 0.1) is 5.69 Å². The van der Waals surface area contributed by atoms with Crippen molar-refractivity contribution in [3.8, 4) is 0 Å². The summed E-state index contributed by atoms with van der Waals surface area (Å²) in [6.45, 7) is 0. The molecule has 1 aromatic heterocycles. The first kappa shape index (κ1) is 12.1. The Labute approximate surface area is 99.8 Å². The molecule has 0 saturated carbocycles. The van der Waals surface area contributed by atoms with Crippen molar-refractivity contribution < 1.29 is 34.1 Å². The number of ether oxygens (including phenoxy) is 2. The molecule has 94 valence electrons. The third-order valence-electron chi connectivity index (χ3n) is 2.35. The number of aliphatic hydroxyl groups excluding tert-OH is 1. The van der Waals surface area contributed by atoms with Gasteiger partial charge in [-0.15, -0.1) is 0 Å². The van der Waals surface area contributed by atoms with E-state index in [1.807, 2.05) is 0 Å². The Morgan fingerprint density at radius 3 is 2.56 bits per heavy atom. The number of pyridine rings is 1. The molecule has 2 rings (SSSR count). The van der Waals surface area contributed by atoms with Crippen molar-refractivity contribution >= 4 is 18.1 Å². The Kier molecular flexibility index (Phi) is 2.81. The van der Waals surface area contributed by atoms with Crippen LogP contribution in [-0.2, 0) is 24.7 Å². The number of nitrogens with zero attached hydrogens (tertiary/aromatic N) is 1. The zero-order valence-corrected chi connectivity index (χ0v) is 8.77. The lowest BCUT2D eigenvalue weighted by molar-refractivity contribution is -0.177. The average molecular weight is 253 g/mol. The third-order valence-corrected chi connectivity index (χ3v) is 2.35. The number of carbonyl (C=O) groups is 3. The number of cyclic esters (lactones) is 4. The summed E-state index contributed by atoms with van der Waals surface area (Å²) in [7, 11) is 0. The predicted octanol–water partition coefficient (Wildman–Crippen LogP) is -1.15. The van der Waals surface area contributed by atoms with E-state index in [-0.39, 0.29) is 5.69 Å². The number of hydrogen-bond acceptors (Lipinski definition) is 8. The molecule has 2 atom stereocenters. The number of carbonyl (C=O) groups excluding carboxylic acids is 3. The highest BCUT2D eigenvalue weighted by molar-refractivity contribution is 6.00. The largest absolute Gasteiger partial charge is 0.524 e. The van der Waals surface area contributed by atoms with Crippen LogP contribution < -0.4 is 0 Å². The Balaban J connectivity index is 2.54. The van der Waals surface area contributed by atoms with Crippen LogP contribution >= 0.6 is 0 Å². The van der Waals surface area contributed by atoms with Crippen molar-refractivity contribution in [2.24, 2.45) is 0 Å². The highest BCUT2D eigenvalue weighted by Crippen LogP contribution is 2.28. The predicted molar refractivity (Wildman–Crippen MR) is 51.7 cm³/mol. The molecule has 2 heterocycles. The molecule has 1 aliphatic rings. The Hall–Kier alpha value is -2.32. The van der Waals surface area contributed by atoms with Gasteiger partial charge < -0.3 is 19.7 Å². The highest BCUT2D eigenvalue weighted by atomic mass is 16.8. The van der Waals surface area contributed by atoms with Crippen LogP contribution in [0.25, 0.3) is 0 Å². The van der Waals surface area contributed by atoms with E-state index in [0.717, 1.165) is 0 Å². The summed E-state index contributed by atoms with van der Waals surface area (Å²) in [5.41, 5.74) is -3.13. The van der Waals surface area contributed by atoms with E-state index in [4.69, 9.17) is 0 Å². The van der Waals surface area contributed by atoms with E-state index in [1.54, 1.807) is 0 Å². The van der Waals surface area contributed by atoms with Gasteiger partial charge in [-0.1, -0.05) is 6.07 Å². The van der Waals surface area contributed by atoms with E-state index in [9.17, 15) is 24.6 Å². The molecule has 0 spiro atoms. The molecular weight excluding hydrogens is 246 g/mol. The fourth-order valence-corrected chi connectivity index (χ4v) is 1.43. The van der Waals surface area contributed by atoms with Crippen molar-refractivity contribution in [3.63, 3.8) is 0 Å². The van der Waals surface area contributed by atoms with Gasteiger partial charge >= 0.3 is 18.1 Å². The molecule has 1 fully saturated rings. The Morgan fingerprint density at radius 2 is 1.94 bits per heavy atom. The summed E-state index contributed by atoms with van der Waals surface area (Å²) in [4.78, 5) is 37.3. The van der Waals surface area contributed by atoms with E-state index in [0.29, 0.717) is 0 Å². The Bertz CT molecular complexity index is 514. The lowest BCUT2D eigenvalue weighted by Crippen LogP contribution is -2.50. The molecule has 0 aliphatic carbocycles. The van der Waals surface area contributed by atoms with Crippen LogP contribution in [0.5, 0.6) is 0 Å². The molecule has 1 aromatic rings. The van der Waals surface area contributed by atoms with Crippen LogP contribution in [0.2, 0.25) is 0 Å². The minimum Gasteiger partial charge on any atom is -0.378 e. The minimum atomic E-state index is -2.79. The van der Waals surface area contributed by atoms with Gasteiger partial charge in [-0.3, -0.25) is 4.98 Å². The average Bonchev–Trinajstić information content (AvgIpc) is 2.43. The maximum atomic E-state index is 11.6. The van der Waals surface area contributed by atoms with Crippen LogP contribution in [0, 0.1) is 0 Å². The number of aliphatic hydroxyl groups is 2. The third kappa shape index (κ3) is 1.73. The summed E-state index contributed by atoms with van der Waals surface area (Å²) < 4.78 is 8.00. The number of hydrogen-bond donors (Lipinski definition) is 2. The highest BCUT2D eigenvalue weighted by Gasteiger charge is 2.56. The lowest BCUT2D eigenvalue weighted by Gasteiger charge is -2.24. The first-order valence-electron chi connectivity index (χ1n) is 4.76. The first-order chi connectivity index (χ1) is 8.46. The zero-order chi connectivity index (χ0) is 13.3. The molecule has 0 aromatic carbocycles. The Morgan fingerprint density at radius 1 is 1.22 bits per heavy atom. The van der Waals surface area contributed by atoms with E-state index in [2.05, 4.69) is 14.5 Å². The molecule has 18 heavy (non-hydrogen) atoms. The molecule has 0 bridgehead atoms. The topological polar surface area (TPSA) is 123 Å². The zero-order valence-electron chi connectivity index (χ0n) is 8.77. The summed E-state index contributed by atoms with van der Waals surface area (Å²) in [6.07, 6.45) is -2.70. The number of rotatable bonds is 1. The van der Waals surface area contributed by atoms with Crippen LogP contribution in [-0.4, -0.2) is 39.4 Å². The smallest absolute Gasteiger partial charge is 0.378 e. The fourth-order valence-electron chi connectivity index (χ4n) is 1.43. The van der Waals surface area contributed by atoms with Gasteiger partial charge in [0.15, 0.2) is 6.10 Å². The number of esters is 2. The normalized spacial score (nSPS) is 28.3. The van der Waals surface area contributed by atoms with Crippen molar-refractivity contribution in [1.82, 2.24) is 4.98 Å². The van der Waals surface area contributed by atoms with Crippen LogP contribution in [0.15, 0.2) is 24.4 Å². The second-order valence-electron chi connectivity index (χ2n) is 3.44. The SMILES string of the molecule is O=C1OC(=O)C(O)C(O)(c2ccccn2)C(=O)O1. The second-order valence-corrected chi connectivity index (χ2v) is 3.44.